The number of nitrogens with zero attached hydrogens (tertiary/aromatic N) is 2. The van der Waals surface area contributed by atoms with Crippen LogP contribution in [0, 0.1) is 13.8 Å². The van der Waals surface area contributed by atoms with Crippen molar-refractivity contribution in [2.75, 3.05) is 4.90 Å². The van der Waals surface area contributed by atoms with E-state index in [0.29, 0.717) is 10.1 Å². The summed E-state index contributed by atoms with van der Waals surface area (Å²) in [6.45, 7) is 3.99. The van der Waals surface area contributed by atoms with Gasteiger partial charge < -0.3 is 5.11 Å². The lowest BCUT2D eigenvalue weighted by molar-refractivity contribution is -0.113. The van der Waals surface area contributed by atoms with Crippen molar-refractivity contribution in [1.82, 2.24) is 0 Å². The molecule has 4 nitrogen and oxygen atoms in total. The van der Waals surface area contributed by atoms with E-state index in [-0.39, 0.29) is 11.7 Å². The number of hydrogen-bond acceptors (Lipinski definition) is 4. The van der Waals surface area contributed by atoms with Crippen molar-refractivity contribution in [3.05, 3.63) is 94.4 Å². The molecule has 0 radical (unpaired) electrons. The minimum absolute atomic E-state index is 0.107. The highest BCUT2D eigenvalue weighted by Crippen LogP contribution is 2.38. The fourth-order valence-electron chi connectivity index (χ4n) is 3.09. The minimum atomic E-state index is -0.107. The van der Waals surface area contributed by atoms with Crippen molar-refractivity contribution < 1.29 is 9.90 Å². The molecular formula is C24H20N2O2S. The zero-order chi connectivity index (χ0) is 20.4. The number of anilines is 1. The quantitative estimate of drug-likeness (QED) is 0.564. The van der Waals surface area contributed by atoms with Crippen molar-refractivity contribution in [3.63, 3.8) is 0 Å². The van der Waals surface area contributed by atoms with Crippen LogP contribution in [0.3, 0.4) is 0 Å². The molecule has 0 aromatic heterocycles. The van der Waals surface area contributed by atoms with E-state index < -0.39 is 0 Å². The Morgan fingerprint density at radius 1 is 0.897 bits per heavy atom. The molecule has 144 valence electrons. The average Bonchev–Trinajstić information content (AvgIpc) is 3.01. The summed E-state index contributed by atoms with van der Waals surface area (Å²) in [5, 5.41) is 10.1. The summed E-state index contributed by atoms with van der Waals surface area (Å²) in [6, 6.07) is 22.5. The Morgan fingerprint density at radius 3 is 2.24 bits per heavy atom. The third-order valence-electron chi connectivity index (χ3n) is 4.69. The molecule has 3 aromatic carbocycles. The normalized spacial score (nSPS) is 16.8. The number of benzene rings is 3. The first-order valence-corrected chi connectivity index (χ1v) is 10.1. The van der Waals surface area contributed by atoms with Crippen molar-refractivity contribution in [2.24, 2.45) is 4.99 Å². The Kier molecular flexibility index (Phi) is 5.23. The molecule has 1 fully saturated rings. The predicted octanol–water partition coefficient (Wildman–Crippen LogP) is 5.82. The van der Waals surface area contributed by atoms with Crippen LogP contribution in [-0.4, -0.2) is 16.2 Å². The van der Waals surface area contributed by atoms with Gasteiger partial charge in [0.15, 0.2) is 5.17 Å². The number of thioether (sulfide) groups is 1. The van der Waals surface area contributed by atoms with Gasteiger partial charge in [0, 0.05) is 0 Å². The largest absolute Gasteiger partial charge is 0.508 e. The van der Waals surface area contributed by atoms with E-state index >= 15 is 0 Å². The Bertz CT molecular complexity index is 1130. The zero-order valence-electron chi connectivity index (χ0n) is 16.2. The first-order valence-electron chi connectivity index (χ1n) is 9.26. The molecule has 1 N–H and O–H groups in total. The van der Waals surface area contributed by atoms with Gasteiger partial charge in [-0.2, -0.15) is 0 Å². The maximum Gasteiger partial charge on any atom is 0.271 e. The van der Waals surface area contributed by atoms with Crippen molar-refractivity contribution in [2.45, 2.75) is 13.8 Å². The fraction of sp³-hybridized carbons (Fsp3) is 0.0833. The van der Waals surface area contributed by atoms with Crippen LogP contribution < -0.4 is 4.90 Å². The standard InChI is InChI=1S/C24H20N2O2S/c1-16-7-3-5-9-20(16)25-24-26(21-10-6-4-8-17(21)2)23(28)22(29-24)15-18-11-13-19(27)14-12-18/h3-15,27H,1-2H3/b22-15-,25-24?. The molecule has 3 aromatic rings. The van der Waals surface area contributed by atoms with Gasteiger partial charge >= 0.3 is 0 Å². The first kappa shape index (κ1) is 19.0. The van der Waals surface area contributed by atoms with E-state index in [9.17, 15) is 9.90 Å². The number of para-hydroxylation sites is 2. The van der Waals surface area contributed by atoms with Crippen LogP contribution in [0.1, 0.15) is 16.7 Å². The molecule has 1 amide bonds. The van der Waals surface area contributed by atoms with E-state index in [2.05, 4.69) is 0 Å². The molecule has 1 aliphatic rings. The van der Waals surface area contributed by atoms with Crippen molar-refractivity contribution >= 4 is 40.3 Å². The number of hydrogen-bond donors (Lipinski definition) is 1. The summed E-state index contributed by atoms with van der Waals surface area (Å²) in [7, 11) is 0. The molecule has 29 heavy (non-hydrogen) atoms. The van der Waals surface area contributed by atoms with E-state index in [0.717, 1.165) is 28.1 Å². The lowest BCUT2D eigenvalue weighted by Crippen LogP contribution is -2.29. The van der Waals surface area contributed by atoms with Gasteiger partial charge in [0.05, 0.1) is 16.3 Å². The van der Waals surface area contributed by atoms with Gasteiger partial charge in [-0.05, 0) is 72.6 Å². The molecule has 0 saturated carbocycles. The summed E-state index contributed by atoms with van der Waals surface area (Å²) < 4.78 is 0. The smallest absolute Gasteiger partial charge is 0.271 e. The SMILES string of the molecule is Cc1ccccc1N=C1S/C(=C\c2ccc(O)cc2)C(=O)N1c1ccccc1C. The molecule has 0 atom stereocenters. The van der Waals surface area contributed by atoms with Gasteiger partial charge in [0.2, 0.25) is 0 Å². The van der Waals surface area contributed by atoms with Crippen LogP contribution in [0.15, 0.2) is 82.7 Å². The molecule has 1 heterocycles. The second-order valence-electron chi connectivity index (χ2n) is 6.81. The summed E-state index contributed by atoms with van der Waals surface area (Å²) in [6.07, 6.45) is 1.83. The van der Waals surface area contributed by atoms with E-state index in [1.54, 1.807) is 29.2 Å². The number of phenols is 1. The molecule has 4 rings (SSSR count). The van der Waals surface area contributed by atoms with Crippen molar-refractivity contribution in [1.29, 1.82) is 0 Å². The molecule has 5 heteroatoms. The molecule has 1 aliphatic heterocycles. The lowest BCUT2D eigenvalue weighted by Gasteiger charge is -2.18. The average molecular weight is 401 g/mol. The summed E-state index contributed by atoms with van der Waals surface area (Å²) >= 11 is 1.36. The first-order chi connectivity index (χ1) is 14.0. The van der Waals surface area contributed by atoms with Crippen molar-refractivity contribution in [3.8, 4) is 5.75 Å². The monoisotopic (exact) mass is 400 g/mol. The second kappa shape index (κ2) is 7.97. The zero-order valence-corrected chi connectivity index (χ0v) is 17.0. The summed E-state index contributed by atoms with van der Waals surface area (Å²) in [4.78, 5) is 20.4. The number of rotatable bonds is 3. The number of aryl methyl sites for hydroxylation is 2. The third kappa shape index (κ3) is 3.96. The Morgan fingerprint density at radius 2 is 1.55 bits per heavy atom. The number of amidine groups is 1. The van der Waals surface area contributed by atoms with Crippen LogP contribution >= 0.6 is 11.8 Å². The number of phenolic OH excluding ortho intramolecular Hbond substituents is 1. The van der Waals surface area contributed by atoms with Gasteiger partial charge in [-0.25, -0.2) is 4.99 Å². The number of carbonyl (C=O) groups is 1. The van der Waals surface area contributed by atoms with Crippen LogP contribution in [0.5, 0.6) is 5.75 Å². The number of carbonyl (C=O) groups excluding carboxylic acids is 1. The molecule has 0 spiro atoms. The molecular weight excluding hydrogens is 380 g/mol. The fourth-order valence-corrected chi connectivity index (χ4v) is 4.08. The number of aliphatic imine (C=N–C) groups is 1. The highest BCUT2D eigenvalue weighted by Gasteiger charge is 2.35. The van der Waals surface area contributed by atoms with Crippen LogP contribution in [0.4, 0.5) is 11.4 Å². The van der Waals surface area contributed by atoms with Crippen LogP contribution in [0.25, 0.3) is 6.08 Å². The van der Waals surface area contributed by atoms with Gasteiger partial charge in [0.1, 0.15) is 5.75 Å². The summed E-state index contributed by atoms with van der Waals surface area (Å²) in [5.74, 6) is 0.0885. The minimum Gasteiger partial charge on any atom is -0.508 e. The summed E-state index contributed by atoms with van der Waals surface area (Å²) in [5.41, 5.74) is 4.57. The van der Waals surface area contributed by atoms with E-state index in [4.69, 9.17) is 4.99 Å². The maximum absolute atomic E-state index is 13.3. The number of amides is 1. The van der Waals surface area contributed by atoms with Crippen LogP contribution in [-0.2, 0) is 4.79 Å². The van der Waals surface area contributed by atoms with Gasteiger partial charge in [-0.15, -0.1) is 0 Å². The molecule has 0 bridgehead atoms. The molecule has 0 aliphatic carbocycles. The lowest BCUT2D eigenvalue weighted by atomic mass is 10.1. The van der Waals surface area contributed by atoms with Gasteiger partial charge in [0.25, 0.3) is 5.91 Å². The Balaban J connectivity index is 1.81. The maximum atomic E-state index is 13.3. The molecule has 1 saturated heterocycles. The number of aromatic hydroxyl groups is 1. The van der Waals surface area contributed by atoms with Crippen LogP contribution in [0.2, 0.25) is 0 Å². The highest BCUT2D eigenvalue weighted by atomic mass is 32.2. The second-order valence-corrected chi connectivity index (χ2v) is 7.82. The Labute approximate surface area is 174 Å². The van der Waals surface area contributed by atoms with Gasteiger partial charge in [-0.3, -0.25) is 9.69 Å². The Hall–Kier alpha value is -3.31. The van der Waals surface area contributed by atoms with Gasteiger partial charge in [-0.1, -0.05) is 48.5 Å². The third-order valence-corrected chi connectivity index (χ3v) is 5.65. The molecule has 0 unspecified atom stereocenters. The predicted molar refractivity (Wildman–Crippen MR) is 121 cm³/mol. The van der Waals surface area contributed by atoms with E-state index in [1.807, 2.05) is 68.5 Å². The van der Waals surface area contributed by atoms with E-state index in [1.165, 1.54) is 11.8 Å². The highest BCUT2D eigenvalue weighted by molar-refractivity contribution is 8.19. The topological polar surface area (TPSA) is 52.9 Å².